The van der Waals surface area contributed by atoms with E-state index in [-0.39, 0.29) is 21.7 Å². The second kappa shape index (κ2) is 20.6. The third-order valence-electron chi connectivity index (χ3n) is 10.8. The second-order valence-corrected chi connectivity index (χ2v) is 18.0. The molecule has 0 radical (unpaired) electrons. The highest BCUT2D eigenvalue weighted by Gasteiger charge is 2.33. The first kappa shape index (κ1) is 47.7. The maximum Gasteiger partial charge on any atom is 0.328 e. The van der Waals surface area contributed by atoms with Crippen molar-refractivity contribution >= 4 is 116 Å². The number of carboxylic acid groups (broad SMARTS) is 4. The summed E-state index contributed by atoms with van der Waals surface area (Å²) < 4.78 is 0. The number of benzene rings is 6. The zero-order valence-corrected chi connectivity index (χ0v) is 38.6. The lowest BCUT2D eigenvalue weighted by Crippen LogP contribution is -2.31. The summed E-state index contributed by atoms with van der Waals surface area (Å²) in [5.41, 5.74) is 10.7. The molecule has 6 aromatic rings. The molecule has 0 saturated carbocycles. The Kier molecular flexibility index (Phi) is 14.1. The fourth-order valence-electron chi connectivity index (χ4n) is 7.28. The van der Waals surface area contributed by atoms with Gasteiger partial charge in [-0.05, 0) is 121 Å². The molecule has 8 rings (SSSR count). The van der Waals surface area contributed by atoms with E-state index < -0.39 is 46.2 Å². The monoisotopic (exact) mass is 972 g/mol. The number of nitrogens with one attached hydrogen (secondary N) is 2. The fraction of sp³-hybridized carbons (Fsp3) is 0.0769. The molecule has 2 aliphatic heterocycles. The Morgan fingerprint density at radius 3 is 0.971 bits per heavy atom. The Morgan fingerprint density at radius 1 is 0.443 bits per heavy atom. The molecule has 0 unspecified atom stereocenters. The van der Waals surface area contributed by atoms with Gasteiger partial charge in [0.25, 0.3) is 11.8 Å². The van der Waals surface area contributed by atoms with E-state index in [9.17, 15) is 49.2 Å². The van der Waals surface area contributed by atoms with Gasteiger partial charge in [-0.2, -0.15) is 0 Å². The minimum Gasteiger partial charge on any atom is -0.480 e. The normalized spacial score (nSPS) is 14.3. The summed E-state index contributed by atoms with van der Waals surface area (Å²) in [5.74, 6) is -7.40. The van der Waals surface area contributed by atoms with Gasteiger partial charge in [0.15, 0.2) is 10.3 Å². The van der Waals surface area contributed by atoms with Gasteiger partial charge in [-0.25, -0.2) is 9.98 Å². The standard InChI is InChI=1S/C52H40N6O10S2/c1-29-3-15-35(16-4-29)57(37-19-7-31(8-20-37)27-41-45(59)55-51(53-41)69-43(47(61)62)48(63)64)39-23-11-33(12-24-39)34-13-25-40(26-14-34)58(36-17-5-30(2)6-18-36)38-21-9-32(10-22-38)28-42-46(60)56-52(54-42)70-44(49(65)66)50(67)68/h3-28,43-44H,1-2H3,(H,61,62)(H,63,64)(H,65,66)(H,67,68)(H,53,55,59)(H,54,56,60)/b41-27-,42-28-. The highest BCUT2D eigenvalue weighted by molar-refractivity contribution is 8.15. The van der Waals surface area contributed by atoms with E-state index in [4.69, 9.17) is 0 Å². The molecule has 70 heavy (non-hydrogen) atoms. The fourth-order valence-corrected chi connectivity index (χ4v) is 8.74. The minimum absolute atomic E-state index is 0.0103. The van der Waals surface area contributed by atoms with Crippen molar-refractivity contribution in [1.29, 1.82) is 0 Å². The topological polar surface area (TPSA) is 239 Å². The van der Waals surface area contributed by atoms with Crippen LogP contribution in [0.15, 0.2) is 167 Å². The lowest BCUT2D eigenvalue weighted by molar-refractivity contribution is -0.148. The second-order valence-electron chi connectivity index (χ2n) is 15.8. The van der Waals surface area contributed by atoms with Crippen molar-refractivity contribution in [2.75, 3.05) is 9.80 Å². The number of hydrogen-bond acceptors (Lipinski definition) is 12. The van der Waals surface area contributed by atoms with Crippen molar-refractivity contribution in [2.45, 2.75) is 24.3 Å². The number of aliphatic carboxylic acids is 4. The summed E-state index contributed by atoms with van der Waals surface area (Å²) in [4.78, 5) is 83.2. The number of anilines is 6. The number of hydrogen-bond donors (Lipinski definition) is 6. The summed E-state index contributed by atoms with van der Waals surface area (Å²) in [6, 6.07) is 47.5. The molecule has 16 nitrogen and oxygen atoms in total. The van der Waals surface area contributed by atoms with Crippen molar-refractivity contribution in [3.8, 4) is 11.1 Å². The van der Waals surface area contributed by atoms with Gasteiger partial charge < -0.3 is 30.2 Å². The molecule has 0 bridgehead atoms. The predicted molar refractivity (Wildman–Crippen MR) is 271 cm³/mol. The van der Waals surface area contributed by atoms with E-state index in [1.165, 1.54) is 12.2 Å². The average molecular weight is 973 g/mol. The molecular formula is C52H40N6O10S2. The molecule has 6 N–H and O–H groups in total. The summed E-state index contributed by atoms with van der Waals surface area (Å²) in [7, 11) is 0. The number of amidine groups is 2. The zero-order valence-electron chi connectivity index (χ0n) is 37.0. The van der Waals surface area contributed by atoms with Crippen LogP contribution in [0.5, 0.6) is 0 Å². The van der Waals surface area contributed by atoms with E-state index in [0.717, 1.165) is 56.4 Å². The van der Waals surface area contributed by atoms with E-state index in [2.05, 4.69) is 30.4 Å². The van der Waals surface area contributed by atoms with Crippen LogP contribution >= 0.6 is 23.5 Å². The van der Waals surface area contributed by atoms with Gasteiger partial charge in [0.05, 0.1) is 0 Å². The van der Waals surface area contributed by atoms with Gasteiger partial charge in [0, 0.05) is 34.1 Å². The molecule has 2 amide bonds. The smallest absolute Gasteiger partial charge is 0.328 e. The van der Waals surface area contributed by atoms with Gasteiger partial charge in [-0.1, -0.05) is 107 Å². The van der Waals surface area contributed by atoms with Gasteiger partial charge in [0.1, 0.15) is 11.4 Å². The number of amides is 2. The molecule has 0 spiro atoms. The first-order chi connectivity index (χ1) is 33.6. The summed E-state index contributed by atoms with van der Waals surface area (Å²) in [6.45, 7) is 4.03. The van der Waals surface area contributed by atoms with Crippen molar-refractivity contribution in [3.05, 3.63) is 179 Å². The number of thioether (sulfide) groups is 2. The average Bonchev–Trinajstić information content (AvgIpc) is 3.88. The van der Waals surface area contributed by atoms with Crippen LogP contribution in [0.3, 0.4) is 0 Å². The quantitative estimate of drug-likeness (QED) is 0.0416. The predicted octanol–water partition coefficient (Wildman–Crippen LogP) is 9.11. The number of carboxylic acids is 4. The van der Waals surface area contributed by atoms with Crippen molar-refractivity contribution in [3.63, 3.8) is 0 Å². The van der Waals surface area contributed by atoms with Crippen LogP contribution in [0.4, 0.5) is 34.1 Å². The zero-order chi connectivity index (χ0) is 49.6. The molecule has 2 aliphatic rings. The maximum absolute atomic E-state index is 12.7. The number of aliphatic imine (C=N–C) groups is 2. The van der Waals surface area contributed by atoms with Crippen molar-refractivity contribution in [1.82, 2.24) is 10.6 Å². The molecule has 0 saturated heterocycles. The highest BCUT2D eigenvalue weighted by atomic mass is 32.2. The third-order valence-corrected chi connectivity index (χ3v) is 12.9. The molecular weight excluding hydrogens is 933 g/mol. The SMILES string of the molecule is Cc1ccc(N(c2ccc(/C=C3\N=C(SC(C(=O)O)C(=O)O)NC3=O)cc2)c2ccc(-c3ccc(N(c4ccc(C)cc4)c4ccc(/C=C5\N=C(SC(C(=O)O)C(=O)O)NC5=O)cc4)cc3)cc2)cc1. The molecule has 18 heteroatoms. The van der Waals surface area contributed by atoms with Crippen molar-refractivity contribution in [2.24, 2.45) is 9.98 Å². The third kappa shape index (κ3) is 11.0. The van der Waals surface area contributed by atoms with Gasteiger partial charge in [0.2, 0.25) is 10.5 Å². The Balaban J connectivity index is 1.02. The van der Waals surface area contributed by atoms with Crippen LogP contribution in [0.25, 0.3) is 23.3 Å². The Hall–Kier alpha value is -8.74. The first-order valence-corrected chi connectivity index (χ1v) is 23.0. The number of carbonyl (C=O) groups is 6. The summed E-state index contributed by atoms with van der Waals surface area (Å²) >= 11 is 0.862. The Labute approximate surface area is 408 Å². The van der Waals surface area contributed by atoms with E-state index in [0.29, 0.717) is 34.7 Å². The van der Waals surface area contributed by atoms with Gasteiger partial charge in [-0.3, -0.25) is 39.4 Å². The molecule has 0 atom stereocenters. The van der Waals surface area contributed by atoms with Crippen LogP contribution in [0.1, 0.15) is 22.3 Å². The molecule has 0 aliphatic carbocycles. The van der Waals surface area contributed by atoms with Gasteiger partial charge in [-0.15, -0.1) is 0 Å². The minimum atomic E-state index is -1.83. The maximum atomic E-state index is 12.7. The first-order valence-electron chi connectivity index (χ1n) is 21.2. The molecule has 350 valence electrons. The number of nitrogens with zero attached hydrogens (tertiary/aromatic N) is 4. The molecule has 0 fully saturated rings. The largest absolute Gasteiger partial charge is 0.480 e. The summed E-state index contributed by atoms with van der Waals surface area (Å²) in [5, 5.41) is 37.9. The molecule has 2 heterocycles. The lowest BCUT2D eigenvalue weighted by Gasteiger charge is -2.26. The van der Waals surface area contributed by atoms with E-state index in [1.807, 2.05) is 159 Å². The van der Waals surface area contributed by atoms with Crippen molar-refractivity contribution < 1.29 is 49.2 Å². The molecule has 0 aromatic heterocycles. The van der Waals surface area contributed by atoms with E-state index >= 15 is 0 Å². The Bertz CT molecular complexity index is 2910. The molecule has 6 aromatic carbocycles. The summed E-state index contributed by atoms with van der Waals surface area (Å²) in [6.07, 6.45) is 3.07. The van der Waals surface area contributed by atoms with Crippen LogP contribution < -0.4 is 20.4 Å². The van der Waals surface area contributed by atoms with Crippen LogP contribution in [0, 0.1) is 13.8 Å². The van der Waals surface area contributed by atoms with E-state index in [1.54, 1.807) is 0 Å². The van der Waals surface area contributed by atoms with Crippen LogP contribution in [-0.4, -0.2) is 77.0 Å². The lowest BCUT2D eigenvalue weighted by atomic mass is 10.0. The van der Waals surface area contributed by atoms with Crippen LogP contribution in [-0.2, 0) is 28.8 Å². The van der Waals surface area contributed by atoms with Gasteiger partial charge >= 0.3 is 23.9 Å². The number of carbonyl (C=O) groups excluding carboxylic acids is 2. The Morgan fingerprint density at radius 2 is 0.700 bits per heavy atom. The van der Waals surface area contributed by atoms with Crippen LogP contribution in [0.2, 0.25) is 0 Å². The number of rotatable bonds is 15. The highest BCUT2D eigenvalue weighted by Crippen LogP contribution is 2.39. The number of aryl methyl sites for hydroxylation is 2.